The minimum atomic E-state index is -4.48. The van der Waals surface area contributed by atoms with E-state index in [0.29, 0.717) is 17.9 Å². The van der Waals surface area contributed by atoms with Crippen molar-refractivity contribution in [3.05, 3.63) is 47.0 Å². The van der Waals surface area contributed by atoms with Gasteiger partial charge in [0.05, 0.1) is 6.54 Å². The third kappa shape index (κ3) is 3.55. The summed E-state index contributed by atoms with van der Waals surface area (Å²) >= 11 is 0. The number of halogens is 3. The summed E-state index contributed by atoms with van der Waals surface area (Å²) in [6.07, 6.45) is -4.48. The Labute approximate surface area is 120 Å². The lowest BCUT2D eigenvalue weighted by atomic mass is 10.2. The quantitative estimate of drug-likeness (QED) is 0.942. The van der Waals surface area contributed by atoms with E-state index in [1.807, 2.05) is 0 Å². The van der Waals surface area contributed by atoms with Crippen LogP contribution in [-0.2, 0) is 19.3 Å². The number of hydrogen-bond donors (Lipinski definition) is 1. The van der Waals surface area contributed by atoms with Gasteiger partial charge in [-0.05, 0) is 25.1 Å². The van der Waals surface area contributed by atoms with Crippen molar-refractivity contribution in [2.75, 3.05) is 11.9 Å². The number of alkyl halides is 3. The van der Waals surface area contributed by atoms with Crippen LogP contribution in [0.3, 0.4) is 0 Å². The minimum absolute atomic E-state index is 0.113. The molecule has 2 aromatic heterocycles. The van der Waals surface area contributed by atoms with Crippen molar-refractivity contribution in [1.82, 2.24) is 4.98 Å². The van der Waals surface area contributed by atoms with Crippen LogP contribution in [0.4, 0.5) is 19.0 Å². The lowest BCUT2D eigenvalue weighted by Crippen LogP contribution is -2.22. The van der Waals surface area contributed by atoms with Crippen LogP contribution < -0.4 is 10.6 Å². The van der Waals surface area contributed by atoms with Crippen molar-refractivity contribution >= 4 is 5.82 Å². The molecule has 0 radical (unpaired) electrons. The normalized spacial score (nSPS) is 11.7. The molecule has 2 N–H and O–H groups in total. The zero-order valence-electron chi connectivity index (χ0n) is 11.7. The molecule has 0 saturated carbocycles. The Hall–Kier alpha value is -2.02. The molecule has 0 aromatic carbocycles. The Morgan fingerprint density at radius 3 is 2.48 bits per heavy atom. The largest absolute Gasteiger partial charge is 0.464 e. The number of hydrogen-bond acceptors (Lipinski definition) is 4. The fraction of sp³-hybridized carbons (Fsp3) is 0.357. The molecule has 0 aliphatic heterocycles. The number of pyridine rings is 1. The Kier molecular flexibility index (Phi) is 4.22. The Balaban J connectivity index is 2.31. The number of nitrogens with zero attached hydrogens (tertiary/aromatic N) is 2. The molecule has 0 amide bonds. The van der Waals surface area contributed by atoms with Crippen LogP contribution in [0, 0.1) is 6.92 Å². The van der Waals surface area contributed by atoms with Crippen LogP contribution in [-0.4, -0.2) is 12.0 Å². The third-order valence-corrected chi connectivity index (χ3v) is 3.02. The van der Waals surface area contributed by atoms with Gasteiger partial charge in [0, 0.05) is 19.2 Å². The van der Waals surface area contributed by atoms with Crippen LogP contribution >= 0.6 is 0 Å². The van der Waals surface area contributed by atoms with Crippen molar-refractivity contribution in [3.8, 4) is 0 Å². The number of aromatic nitrogens is 1. The highest BCUT2D eigenvalue weighted by atomic mass is 19.4. The number of aryl methyl sites for hydroxylation is 1. The van der Waals surface area contributed by atoms with Crippen molar-refractivity contribution in [1.29, 1.82) is 0 Å². The molecule has 2 aromatic rings. The molecule has 0 bridgehead atoms. The first-order valence-corrected chi connectivity index (χ1v) is 6.35. The van der Waals surface area contributed by atoms with Gasteiger partial charge in [0.1, 0.15) is 23.0 Å². The van der Waals surface area contributed by atoms with Crippen LogP contribution in [0.15, 0.2) is 28.7 Å². The Morgan fingerprint density at radius 1 is 1.24 bits per heavy atom. The average molecular weight is 299 g/mol. The van der Waals surface area contributed by atoms with Crippen LogP contribution in [0.1, 0.15) is 22.8 Å². The van der Waals surface area contributed by atoms with Crippen molar-refractivity contribution in [3.63, 3.8) is 0 Å². The van der Waals surface area contributed by atoms with E-state index in [9.17, 15) is 13.2 Å². The van der Waals surface area contributed by atoms with Gasteiger partial charge in [0.2, 0.25) is 0 Å². The third-order valence-electron chi connectivity index (χ3n) is 3.02. The predicted molar refractivity (Wildman–Crippen MR) is 72.7 cm³/mol. The average Bonchev–Trinajstić information content (AvgIpc) is 2.82. The summed E-state index contributed by atoms with van der Waals surface area (Å²) in [5.41, 5.74) is 5.19. The van der Waals surface area contributed by atoms with Crippen LogP contribution in [0.5, 0.6) is 0 Å². The minimum Gasteiger partial charge on any atom is -0.464 e. The first-order chi connectivity index (χ1) is 9.81. The number of furan rings is 1. The van der Waals surface area contributed by atoms with E-state index in [1.165, 1.54) is 6.07 Å². The van der Waals surface area contributed by atoms with Crippen molar-refractivity contribution in [2.45, 2.75) is 26.2 Å². The molecule has 0 unspecified atom stereocenters. The van der Waals surface area contributed by atoms with E-state index >= 15 is 0 Å². The summed E-state index contributed by atoms with van der Waals surface area (Å²) in [4.78, 5) is 5.29. The van der Waals surface area contributed by atoms with E-state index < -0.39 is 11.9 Å². The lowest BCUT2D eigenvalue weighted by Gasteiger charge is -2.21. The van der Waals surface area contributed by atoms with Gasteiger partial charge < -0.3 is 15.1 Å². The molecule has 0 atom stereocenters. The van der Waals surface area contributed by atoms with Gasteiger partial charge in [-0.15, -0.1) is 0 Å². The second kappa shape index (κ2) is 5.77. The number of rotatable bonds is 4. The molecule has 114 valence electrons. The van der Waals surface area contributed by atoms with Crippen molar-refractivity contribution in [2.24, 2.45) is 5.73 Å². The fourth-order valence-electron chi connectivity index (χ4n) is 2.00. The SMILES string of the molecule is Cc1ccc(CN(C)c2nc(C(F)(F)F)ccc2CN)o1. The van der Waals surface area contributed by atoms with Gasteiger partial charge in [0.25, 0.3) is 0 Å². The first-order valence-electron chi connectivity index (χ1n) is 6.35. The van der Waals surface area contributed by atoms with Crippen molar-refractivity contribution < 1.29 is 17.6 Å². The molecular weight excluding hydrogens is 283 g/mol. The molecule has 0 fully saturated rings. The first kappa shape index (κ1) is 15.4. The van der Waals surface area contributed by atoms with E-state index in [0.717, 1.165) is 11.8 Å². The van der Waals surface area contributed by atoms with Gasteiger partial charge in [0.15, 0.2) is 0 Å². The molecule has 0 aliphatic rings. The van der Waals surface area contributed by atoms with Gasteiger partial charge in [-0.25, -0.2) is 4.98 Å². The standard InChI is InChI=1S/C14H16F3N3O/c1-9-3-5-11(21-9)8-20(2)13-10(7-18)4-6-12(19-13)14(15,16)17/h3-6H,7-8,18H2,1-2H3. The topological polar surface area (TPSA) is 55.3 Å². The number of anilines is 1. The monoisotopic (exact) mass is 299 g/mol. The summed E-state index contributed by atoms with van der Waals surface area (Å²) in [5, 5.41) is 0. The maximum Gasteiger partial charge on any atom is 0.433 e. The molecule has 2 heterocycles. The van der Waals surface area contributed by atoms with E-state index in [-0.39, 0.29) is 12.4 Å². The maximum absolute atomic E-state index is 12.8. The highest BCUT2D eigenvalue weighted by Gasteiger charge is 2.33. The molecule has 0 saturated heterocycles. The summed E-state index contributed by atoms with van der Waals surface area (Å²) < 4.78 is 43.7. The van der Waals surface area contributed by atoms with E-state index in [2.05, 4.69) is 4.98 Å². The predicted octanol–water partition coefficient (Wildman–Crippen LogP) is 3.10. The van der Waals surface area contributed by atoms with Gasteiger partial charge >= 0.3 is 6.18 Å². The molecule has 0 spiro atoms. The van der Waals surface area contributed by atoms with Gasteiger partial charge in [-0.3, -0.25) is 0 Å². The summed E-state index contributed by atoms with van der Waals surface area (Å²) in [7, 11) is 1.65. The maximum atomic E-state index is 12.8. The summed E-state index contributed by atoms with van der Waals surface area (Å²) in [5.74, 6) is 1.60. The summed E-state index contributed by atoms with van der Waals surface area (Å²) in [6, 6.07) is 5.87. The molecule has 0 aliphatic carbocycles. The zero-order chi connectivity index (χ0) is 15.6. The highest BCUT2D eigenvalue weighted by Crippen LogP contribution is 2.30. The Bertz CT molecular complexity index is 622. The Morgan fingerprint density at radius 2 is 1.95 bits per heavy atom. The molecule has 21 heavy (non-hydrogen) atoms. The van der Waals surface area contributed by atoms with E-state index in [4.69, 9.17) is 10.2 Å². The van der Waals surface area contributed by atoms with Gasteiger partial charge in [-0.2, -0.15) is 13.2 Å². The molecule has 4 nitrogen and oxygen atoms in total. The second-order valence-electron chi connectivity index (χ2n) is 4.75. The number of nitrogens with two attached hydrogens (primary N) is 1. The van der Waals surface area contributed by atoms with Crippen LogP contribution in [0.2, 0.25) is 0 Å². The van der Waals surface area contributed by atoms with Crippen LogP contribution in [0.25, 0.3) is 0 Å². The smallest absolute Gasteiger partial charge is 0.433 e. The molecule has 2 rings (SSSR count). The summed E-state index contributed by atoms with van der Waals surface area (Å²) in [6.45, 7) is 2.23. The molecule has 7 heteroatoms. The zero-order valence-corrected chi connectivity index (χ0v) is 11.7. The highest BCUT2D eigenvalue weighted by molar-refractivity contribution is 5.47. The van der Waals surface area contributed by atoms with Gasteiger partial charge in [-0.1, -0.05) is 6.07 Å². The second-order valence-corrected chi connectivity index (χ2v) is 4.75. The lowest BCUT2D eigenvalue weighted by molar-refractivity contribution is -0.141. The molecular formula is C14H16F3N3O. The van der Waals surface area contributed by atoms with E-state index in [1.54, 1.807) is 31.0 Å². The fourth-order valence-corrected chi connectivity index (χ4v) is 2.00.